The number of nitrogens with zero attached hydrogens (tertiary/aromatic N) is 2. The largest absolute Gasteiger partial charge is 0.494 e. The number of hydrogen-bond donors (Lipinski definition) is 1. The van der Waals surface area contributed by atoms with Crippen LogP contribution < -0.4 is 10.1 Å². The third-order valence-corrected chi connectivity index (χ3v) is 4.50. The molecule has 0 saturated heterocycles. The van der Waals surface area contributed by atoms with E-state index in [1.807, 2.05) is 43.3 Å². The van der Waals surface area contributed by atoms with Crippen molar-refractivity contribution in [1.82, 2.24) is 10.2 Å². The summed E-state index contributed by atoms with van der Waals surface area (Å²) < 4.78 is 11.5. The number of carbonyl (C=O) groups is 1. The molecule has 0 radical (unpaired) electrons. The first-order chi connectivity index (χ1) is 12.1. The van der Waals surface area contributed by atoms with Gasteiger partial charge in [0.1, 0.15) is 5.75 Å². The number of amides is 1. The van der Waals surface area contributed by atoms with E-state index in [1.54, 1.807) is 0 Å². The second-order valence-corrected chi connectivity index (χ2v) is 6.99. The molecule has 2 aromatic heterocycles. The molecule has 0 aliphatic heterocycles. The van der Waals surface area contributed by atoms with Crippen LogP contribution in [0.2, 0.25) is 4.34 Å². The van der Waals surface area contributed by atoms with E-state index < -0.39 is 0 Å². The predicted octanol–water partition coefficient (Wildman–Crippen LogP) is 3.96. The molecule has 1 N–H and O–H groups in total. The van der Waals surface area contributed by atoms with E-state index in [9.17, 15) is 4.79 Å². The summed E-state index contributed by atoms with van der Waals surface area (Å²) in [6.07, 6.45) is 0.698. The van der Waals surface area contributed by atoms with Crippen LogP contribution in [-0.2, 0) is 17.6 Å². The Morgan fingerprint density at radius 2 is 2.04 bits per heavy atom. The van der Waals surface area contributed by atoms with Crippen molar-refractivity contribution >= 4 is 34.9 Å². The minimum Gasteiger partial charge on any atom is -0.494 e. The maximum absolute atomic E-state index is 12.1. The summed E-state index contributed by atoms with van der Waals surface area (Å²) in [5.74, 6) is 0.982. The first-order valence-corrected chi connectivity index (χ1v) is 8.90. The first-order valence-electron chi connectivity index (χ1n) is 7.70. The molecule has 6 nitrogen and oxygen atoms in total. The van der Waals surface area contributed by atoms with Crippen molar-refractivity contribution in [2.24, 2.45) is 0 Å². The Bertz CT molecular complexity index is 845. The number of anilines is 1. The van der Waals surface area contributed by atoms with Crippen LogP contribution >= 0.6 is 22.9 Å². The molecule has 0 saturated carbocycles. The molecule has 1 aromatic carbocycles. The fourth-order valence-corrected chi connectivity index (χ4v) is 3.27. The van der Waals surface area contributed by atoms with Crippen molar-refractivity contribution < 1.29 is 13.9 Å². The summed E-state index contributed by atoms with van der Waals surface area (Å²) in [6.45, 7) is 2.53. The van der Waals surface area contributed by atoms with Gasteiger partial charge in [0.25, 0.3) is 0 Å². The number of benzene rings is 1. The highest BCUT2D eigenvalue weighted by Crippen LogP contribution is 2.23. The number of rotatable bonds is 7. The van der Waals surface area contributed by atoms with Gasteiger partial charge in [-0.3, -0.25) is 10.1 Å². The maximum Gasteiger partial charge on any atom is 0.322 e. The molecule has 2 heterocycles. The molecule has 1 amide bonds. The van der Waals surface area contributed by atoms with E-state index in [1.165, 1.54) is 11.3 Å². The molecular formula is C17H16ClN3O3S. The lowest BCUT2D eigenvalue weighted by atomic mass is 10.1. The van der Waals surface area contributed by atoms with Gasteiger partial charge in [-0.2, -0.15) is 0 Å². The van der Waals surface area contributed by atoms with Gasteiger partial charge in [0.15, 0.2) is 0 Å². The summed E-state index contributed by atoms with van der Waals surface area (Å²) >= 11 is 7.34. The molecule has 3 rings (SSSR count). The average Bonchev–Trinajstić information content (AvgIpc) is 3.19. The number of ether oxygens (including phenoxy) is 1. The van der Waals surface area contributed by atoms with Crippen molar-refractivity contribution in [2.45, 2.75) is 19.8 Å². The van der Waals surface area contributed by atoms with Gasteiger partial charge in [0.05, 0.1) is 23.8 Å². The zero-order valence-corrected chi connectivity index (χ0v) is 15.1. The van der Waals surface area contributed by atoms with Crippen LogP contribution in [0.3, 0.4) is 0 Å². The van der Waals surface area contributed by atoms with Crippen molar-refractivity contribution in [3.8, 4) is 5.75 Å². The van der Waals surface area contributed by atoms with Gasteiger partial charge in [0.2, 0.25) is 11.8 Å². The van der Waals surface area contributed by atoms with Crippen LogP contribution in [0.15, 0.2) is 40.8 Å². The second-order valence-electron chi connectivity index (χ2n) is 5.19. The normalized spacial score (nSPS) is 10.6. The molecule has 0 spiro atoms. The molecule has 8 heteroatoms. The Morgan fingerprint density at radius 1 is 1.24 bits per heavy atom. The molecule has 130 valence electrons. The van der Waals surface area contributed by atoms with E-state index in [4.69, 9.17) is 20.8 Å². The fraction of sp³-hybridized carbons (Fsp3) is 0.235. The van der Waals surface area contributed by atoms with E-state index >= 15 is 0 Å². The van der Waals surface area contributed by atoms with E-state index in [-0.39, 0.29) is 18.3 Å². The number of nitrogens with one attached hydrogen (secondary N) is 1. The van der Waals surface area contributed by atoms with Crippen molar-refractivity contribution in [3.05, 3.63) is 57.1 Å². The molecule has 25 heavy (non-hydrogen) atoms. The van der Waals surface area contributed by atoms with Gasteiger partial charge in [-0.05, 0) is 36.8 Å². The van der Waals surface area contributed by atoms with Crippen LogP contribution in [0.1, 0.15) is 23.3 Å². The van der Waals surface area contributed by atoms with Crippen LogP contribution in [-0.4, -0.2) is 22.7 Å². The molecule has 3 aromatic rings. The maximum atomic E-state index is 12.1. The minimum atomic E-state index is -0.224. The summed E-state index contributed by atoms with van der Waals surface area (Å²) in [5.41, 5.74) is 0.869. The molecule has 0 unspecified atom stereocenters. The van der Waals surface area contributed by atoms with Crippen molar-refractivity contribution in [1.29, 1.82) is 0 Å². The smallest absolute Gasteiger partial charge is 0.322 e. The van der Waals surface area contributed by atoms with E-state index in [2.05, 4.69) is 15.5 Å². The van der Waals surface area contributed by atoms with Crippen molar-refractivity contribution in [2.75, 3.05) is 11.9 Å². The first kappa shape index (κ1) is 17.4. The Kier molecular flexibility index (Phi) is 5.67. The summed E-state index contributed by atoms with van der Waals surface area (Å²) in [6, 6.07) is 11.2. The highest BCUT2D eigenvalue weighted by atomic mass is 35.5. The van der Waals surface area contributed by atoms with Gasteiger partial charge in [-0.1, -0.05) is 28.8 Å². The Labute approximate surface area is 153 Å². The zero-order chi connectivity index (χ0) is 17.6. The quantitative estimate of drug-likeness (QED) is 0.674. The van der Waals surface area contributed by atoms with Crippen LogP contribution in [0, 0.1) is 0 Å². The highest BCUT2D eigenvalue weighted by Gasteiger charge is 2.12. The topological polar surface area (TPSA) is 77.2 Å². The second kappa shape index (κ2) is 8.13. The summed E-state index contributed by atoms with van der Waals surface area (Å²) in [7, 11) is 0. The number of aromatic nitrogens is 2. The van der Waals surface area contributed by atoms with Gasteiger partial charge < -0.3 is 9.15 Å². The van der Waals surface area contributed by atoms with Crippen LogP contribution in [0.5, 0.6) is 5.75 Å². The summed E-state index contributed by atoms with van der Waals surface area (Å²) in [4.78, 5) is 13.1. The SMILES string of the molecule is CCOc1ccc(CC(=O)Nc2nnc(Cc3ccc(Cl)s3)o2)cc1. The highest BCUT2D eigenvalue weighted by molar-refractivity contribution is 7.16. The molecular weight excluding hydrogens is 362 g/mol. The molecule has 0 atom stereocenters. The van der Waals surface area contributed by atoms with Gasteiger partial charge >= 0.3 is 6.01 Å². The Hall–Kier alpha value is -2.38. The minimum absolute atomic E-state index is 0.0913. The number of thiophene rings is 1. The molecule has 0 fully saturated rings. The lowest BCUT2D eigenvalue weighted by Gasteiger charge is -2.04. The molecule has 0 aliphatic carbocycles. The van der Waals surface area contributed by atoms with E-state index in [0.29, 0.717) is 23.3 Å². The van der Waals surface area contributed by atoms with Crippen LogP contribution in [0.4, 0.5) is 6.01 Å². The number of carbonyl (C=O) groups excluding carboxylic acids is 1. The Balaban J connectivity index is 1.54. The molecule has 0 bridgehead atoms. The average molecular weight is 378 g/mol. The Morgan fingerprint density at radius 3 is 2.72 bits per heavy atom. The lowest BCUT2D eigenvalue weighted by Crippen LogP contribution is -2.14. The third-order valence-electron chi connectivity index (χ3n) is 3.27. The predicted molar refractivity (Wildman–Crippen MR) is 96.4 cm³/mol. The van der Waals surface area contributed by atoms with Gasteiger partial charge in [-0.25, -0.2) is 0 Å². The summed E-state index contributed by atoms with van der Waals surface area (Å²) in [5, 5.41) is 10.4. The number of hydrogen-bond acceptors (Lipinski definition) is 6. The standard InChI is InChI=1S/C17H16ClN3O3S/c1-2-23-12-5-3-11(4-6-12)9-15(22)19-17-21-20-16(24-17)10-13-7-8-14(18)25-13/h3-8H,2,9-10H2,1H3,(H,19,21,22). The lowest BCUT2D eigenvalue weighted by molar-refractivity contribution is -0.115. The molecule has 0 aliphatic rings. The third kappa shape index (κ3) is 5.04. The van der Waals surface area contributed by atoms with E-state index in [0.717, 1.165) is 16.2 Å². The zero-order valence-electron chi connectivity index (χ0n) is 13.5. The van der Waals surface area contributed by atoms with Crippen molar-refractivity contribution in [3.63, 3.8) is 0 Å². The number of halogens is 1. The van der Waals surface area contributed by atoms with Gasteiger partial charge in [-0.15, -0.1) is 16.4 Å². The fourth-order valence-electron chi connectivity index (χ4n) is 2.19. The van der Waals surface area contributed by atoms with Crippen LogP contribution in [0.25, 0.3) is 0 Å². The van der Waals surface area contributed by atoms with Gasteiger partial charge in [0, 0.05) is 4.88 Å². The monoisotopic (exact) mass is 377 g/mol.